The molecular formula is C15H18BrNO4. The van der Waals surface area contributed by atoms with E-state index in [4.69, 9.17) is 4.74 Å². The molecule has 1 N–H and O–H groups in total. The van der Waals surface area contributed by atoms with Crippen molar-refractivity contribution in [3.8, 4) is 5.75 Å². The van der Waals surface area contributed by atoms with E-state index in [0.717, 1.165) is 10.0 Å². The maximum atomic E-state index is 12.3. The highest BCUT2D eigenvalue weighted by atomic mass is 79.9. The van der Waals surface area contributed by atoms with Crippen molar-refractivity contribution in [1.29, 1.82) is 0 Å². The molecule has 1 aromatic carbocycles. The van der Waals surface area contributed by atoms with Crippen molar-refractivity contribution in [3.05, 3.63) is 28.2 Å². The number of carboxylic acid groups (broad SMARTS) is 1. The molecule has 0 unspecified atom stereocenters. The molecule has 1 aliphatic heterocycles. The second-order valence-electron chi connectivity index (χ2n) is 5.57. The van der Waals surface area contributed by atoms with Crippen LogP contribution in [0.1, 0.15) is 18.9 Å². The van der Waals surface area contributed by atoms with E-state index in [1.807, 2.05) is 18.2 Å². The highest BCUT2D eigenvalue weighted by Crippen LogP contribution is 2.31. The second kappa shape index (κ2) is 6.05. The number of rotatable bonds is 4. The summed E-state index contributed by atoms with van der Waals surface area (Å²) in [5.74, 6) is -0.216. The summed E-state index contributed by atoms with van der Waals surface area (Å²) in [6.07, 6.45) is 0.723. The van der Waals surface area contributed by atoms with Crippen LogP contribution in [-0.4, -0.2) is 42.1 Å². The number of nitrogens with zero attached hydrogens (tertiary/aromatic N) is 1. The Hall–Kier alpha value is -1.56. The fourth-order valence-electron chi connectivity index (χ4n) is 2.44. The molecule has 6 heteroatoms. The molecule has 1 saturated heterocycles. The van der Waals surface area contributed by atoms with Crippen LogP contribution in [0.15, 0.2) is 22.7 Å². The van der Waals surface area contributed by atoms with E-state index < -0.39 is 11.4 Å². The van der Waals surface area contributed by atoms with E-state index in [0.29, 0.717) is 18.7 Å². The van der Waals surface area contributed by atoms with E-state index in [1.54, 1.807) is 18.9 Å². The van der Waals surface area contributed by atoms with Crippen molar-refractivity contribution in [1.82, 2.24) is 4.90 Å². The van der Waals surface area contributed by atoms with Gasteiger partial charge in [-0.15, -0.1) is 0 Å². The van der Waals surface area contributed by atoms with Crippen molar-refractivity contribution in [2.45, 2.75) is 19.8 Å². The quantitative estimate of drug-likeness (QED) is 0.899. The van der Waals surface area contributed by atoms with Gasteiger partial charge in [-0.3, -0.25) is 9.59 Å². The zero-order valence-corrected chi connectivity index (χ0v) is 13.6. The Labute approximate surface area is 132 Å². The van der Waals surface area contributed by atoms with Gasteiger partial charge in [0, 0.05) is 17.6 Å². The number of carboxylic acids is 1. The van der Waals surface area contributed by atoms with Gasteiger partial charge >= 0.3 is 5.97 Å². The SMILES string of the molecule is COc1ccc(Br)c(CC(=O)N2CC[C@@](C)(C(=O)O)C2)c1. The number of carbonyl (C=O) groups is 2. The third-order valence-electron chi connectivity index (χ3n) is 3.94. The third kappa shape index (κ3) is 3.37. The fourth-order valence-corrected chi connectivity index (χ4v) is 2.82. The van der Waals surface area contributed by atoms with Gasteiger partial charge in [0.2, 0.25) is 5.91 Å². The van der Waals surface area contributed by atoms with Gasteiger partial charge in [-0.1, -0.05) is 15.9 Å². The Morgan fingerprint density at radius 1 is 1.48 bits per heavy atom. The van der Waals surface area contributed by atoms with E-state index >= 15 is 0 Å². The molecule has 21 heavy (non-hydrogen) atoms. The Morgan fingerprint density at radius 2 is 2.19 bits per heavy atom. The van der Waals surface area contributed by atoms with Gasteiger partial charge in [0.05, 0.1) is 18.9 Å². The first kappa shape index (κ1) is 15.8. The molecule has 0 spiro atoms. The standard InChI is InChI=1S/C15H18BrNO4/c1-15(14(19)20)5-6-17(9-15)13(18)8-10-7-11(21-2)3-4-12(10)16/h3-4,7H,5-6,8-9H2,1-2H3,(H,19,20)/t15-/m1/s1. The maximum absolute atomic E-state index is 12.3. The van der Waals surface area contributed by atoms with E-state index in [9.17, 15) is 14.7 Å². The molecule has 5 nitrogen and oxygen atoms in total. The maximum Gasteiger partial charge on any atom is 0.311 e. The summed E-state index contributed by atoms with van der Waals surface area (Å²) in [5.41, 5.74) is 0.00430. The number of methoxy groups -OCH3 is 1. The molecule has 1 aliphatic rings. The molecule has 1 atom stereocenters. The van der Waals surface area contributed by atoms with Gasteiger partial charge in [0.15, 0.2) is 0 Å². The van der Waals surface area contributed by atoms with Crippen LogP contribution in [0.4, 0.5) is 0 Å². The summed E-state index contributed by atoms with van der Waals surface area (Å²) in [6, 6.07) is 5.47. The highest BCUT2D eigenvalue weighted by Gasteiger charge is 2.41. The monoisotopic (exact) mass is 355 g/mol. The van der Waals surface area contributed by atoms with Crippen molar-refractivity contribution in [2.75, 3.05) is 20.2 Å². The Bertz CT molecular complexity index is 575. The molecule has 2 rings (SSSR count). The Morgan fingerprint density at radius 3 is 2.76 bits per heavy atom. The molecule has 0 bridgehead atoms. The molecule has 1 heterocycles. The Kier molecular flexibility index (Phi) is 4.56. The smallest absolute Gasteiger partial charge is 0.311 e. The van der Waals surface area contributed by atoms with Crippen LogP contribution in [0.5, 0.6) is 5.75 Å². The lowest BCUT2D eigenvalue weighted by atomic mass is 9.90. The lowest BCUT2D eigenvalue weighted by Gasteiger charge is -2.20. The zero-order valence-electron chi connectivity index (χ0n) is 12.1. The lowest BCUT2D eigenvalue weighted by Crippen LogP contribution is -2.35. The molecule has 0 aliphatic carbocycles. The van der Waals surface area contributed by atoms with Crippen molar-refractivity contribution in [3.63, 3.8) is 0 Å². The highest BCUT2D eigenvalue weighted by molar-refractivity contribution is 9.10. The molecule has 0 radical (unpaired) electrons. The van der Waals surface area contributed by atoms with Crippen LogP contribution in [0.25, 0.3) is 0 Å². The summed E-state index contributed by atoms with van der Waals surface area (Å²) < 4.78 is 6.00. The van der Waals surface area contributed by atoms with Crippen LogP contribution in [0.2, 0.25) is 0 Å². The predicted octanol–water partition coefficient (Wildman–Crippen LogP) is 2.32. The molecule has 114 valence electrons. The molecule has 0 saturated carbocycles. The van der Waals surface area contributed by atoms with Crippen molar-refractivity contribution < 1.29 is 19.4 Å². The zero-order chi connectivity index (χ0) is 15.6. The van der Waals surface area contributed by atoms with Crippen LogP contribution in [0, 0.1) is 5.41 Å². The number of likely N-dealkylation sites (tertiary alicyclic amines) is 1. The second-order valence-corrected chi connectivity index (χ2v) is 6.42. The van der Waals surface area contributed by atoms with Crippen molar-refractivity contribution >= 4 is 27.8 Å². The van der Waals surface area contributed by atoms with Gasteiger partial charge in [0.25, 0.3) is 0 Å². The minimum atomic E-state index is -0.847. The summed E-state index contributed by atoms with van der Waals surface area (Å²) in [5, 5.41) is 9.21. The first-order valence-corrected chi connectivity index (χ1v) is 7.48. The summed E-state index contributed by atoms with van der Waals surface area (Å²) in [4.78, 5) is 25.2. The molecule has 1 amide bonds. The number of aliphatic carboxylic acids is 1. The van der Waals surface area contributed by atoms with Crippen LogP contribution in [-0.2, 0) is 16.0 Å². The average molecular weight is 356 g/mol. The van der Waals surface area contributed by atoms with E-state index in [2.05, 4.69) is 15.9 Å². The number of halogens is 1. The molecule has 0 aromatic heterocycles. The predicted molar refractivity (Wildman–Crippen MR) is 81.3 cm³/mol. The summed E-state index contributed by atoms with van der Waals surface area (Å²) >= 11 is 3.42. The molecular weight excluding hydrogens is 338 g/mol. The van der Waals surface area contributed by atoms with Gasteiger partial charge < -0.3 is 14.7 Å². The lowest BCUT2D eigenvalue weighted by molar-refractivity contribution is -0.147. The first-order valence-electron chi connectivity index (χ1n) is 6.69. The van der Waals surface area contributed by atoms with Gasteiger partial charge in [-0.25, -0.2) is 0 Å². The largest absolute Gasteiger partial charge is 0.497 e. The minimum absolute atomic E-state index is 0.0612. The topological polar surface area (TPSA) is 66.8 Å². The van der Waals surface area contributed by atoms with E-state index in [-0.39, 0.29) is 18.9 Å². The van der Waals surface area contributed by atoms with E-state index in [1.165, 1.54) is 0 Å². The van der Waals surface area contributed by atoms with Crippen LogP contribution < -0.4 is 4.74 Å². The molecule has 1 fully saturated rings. The van der Waals surface area contributed by atoms with Crippen LogP contribution in [0.3, 0.4) is 0 Å². The normalized spacial score (nSPS) is 21.4. The molecule has 1 aromatic rings. The van der Waals surface area contributed by atoms with Crippen LogP contribution >= 0.6 is 15.9 Å². The first-order chi connectivity index (χ1) is 9.85. The van der Waals surface area contributed by atoms with Gasteiger partial charge in [-0.05, 0) is 37.1 Å². The Balaban J connectivity index is 2.08. The van der Waals surface area contributed by atoms with Gasteiger partial charge in [0.1, 0.15) is 5.75 Å². The fraction of sp³-hybridized carbons (Fsp3) is 0.467. The number of hydrogen-bond donors (Lipinski definition) is 1. The number of amides is 1. The number of hydrogen-bond acceptors (Lipinski definition) is 3. The number of benzene rings is 1. The summed E-state index contributed by atoms with van der Waals surface area (Å²) in [7, 11) is 1.58. The number of ether oxygens (including phenoxy) is 1. The summed E-state index contributed by atoms with van der Waals surface area (Å²) in [6.45, 7) is 2.44. The third-order valence-corrected chi connectivity index (χ3v) is 4.71. The average Bonchev–Trinajstić information content (AvgIpc) is 2.85. The van der Waals surface area contributed by atoms with Crippen molar-refractivity contribution in [2.24, 2.45) is 5.41 Å². The van der Waals surface area contributed by atoms with Gasteiger partial charge in [-0.2, -0.15) is 0 Å². The minimum Gasteiger partial charge on any atom is -0.497 e. The number of carbonyl (C=O) groups excluding carboxylic acids is 1.